The monoisotopic (exact) mass is 307 g/mol. The first kappa shape index (κ1) is 10.8. The lowest BCUT2D eigenvalue weighted by atomic mass is 10.3. The maximum atomic E-state index is 6.14. The Morgan fingerprint density at radius 2 is 2.12 bits per heavy atom. The van der Waals surface area contributed by atoms with Gasteiger partial charge in [-0.25, -0.2) is 4.98 Å². The number of thiophene rings is 1. The molecule has 5 heteroatoms. The Labute approximate surface area is 111 Å². The minimum atomic E-state index is 0.693. The molecule has 0 radical (unpaired) electrons. The van der Waals surface area contributed by atoms with Crippen molar-refractivity contribution in [3.8, 4) is 10.6 Å². The first-order chi connectivity index (χ1) is 8.15. The molecule has 0 atom stereocenters. The van der Waals surface area contributed by atoms with Gasteiger partial charge in [-0.15, -0.1) is 11.3 Å². The Balaban J connectivity index is 2.27. The highest BCUT2D eigenvalue weighted by Gasteiger charge is 2.12. The Morgan fingerprint density at radius 1 is 1.29 bits per heavy atom. The summed E-state index contributed by atoms with van der Waals surface area (Å²) in [6.45, 7) is 2.04. The third-order valence-electron chi connectivity index (χ3n) is 2.61. The predicted octanol–water partition coefficient (Wildman–Crippen LogP) is 3.72. The van der Waals surface area contributed by atoms with Gasteiger partial charge in [-0.05, 0) is 46.6 Å². The number of nitrogens with two attached hydrogens (primary N) is 1. The summed E-state index contributed by atoms with van der Waals surface area (Å²) in [5, 5.41) is 0. The summed E-state index contributed by atoms with van der Waals surface area (Å²) in [5.74, 6) is 0.693. The van der Waals surface area contributed by atoms with Crippen LogP contribution in [0.2, 0.25) is 0 Å². The number of nitrogens with zero attached hydrogens (tertiary/aromatic N) is 2. The molecule has 3 rings (SSSR count). The van der Waals surface area contributed by atoms with Gasteiger partial charge in [-0.2, -0.15) is 0 Å². The molecular formula is C12H10BrN3S. The molecule has 17 heavy (non-hydrogen) atoms. The van der Waals surface area contributed by atoms with Gasteiger partial charge in [0.25, 0.3) is 0 Å². The zero-order valence-electron chi connectivity index (χ0n) is 9.14. The molecule has 2 N–H and O–H groups in total. The summed E-state index contributed by atoms with van der Waals surface area (Å²) in [6, 6.07) is 8.06. The smallest absolute Gasteiger partial charge is 0.139 e. The average molecular weight is 308 g/mol. The molecule has 0 amide bonds. The molecule has 86 valence electrons. The van der Waals surface area contributed by atoms with Gasteiger partial charge in [-0.3, -0.25) is 4.40 Å². The maximum Gasteiger partial charge on any atom is 0.139 e. The van der Waals surface area contributed by atoms with Crippen molar-refractivity contribution in [2.24, 2.45) is 0 Å². The van der Waals surface area contributed by atoms with Gasteiger partial charge in [-0.1, -0.05) is 6.07 Å². The molecule has 3 nitrogen and oxygen atoms in total. The second-order valence-corrected chi connectivity index (χ2v) is 6.35. The van der Waals surface area contributed by atoms with Gasteiger partial charge < -0.3 is 5.73 Å². The maximum absolute atomic E-state index is 6.14. The van der Waals surface area contributed by atoms with Crippen molar-refractivity contribution in [3.63, 3.8) is 0 Å². The molecule has 0 aliphatic rings. The molecule has 0 spiro atoms. The zero-order chi connectivity index (χ0) is 12.0. The first-order valence-electron chi connectivity index (χ1n) is 5.15. The molecule has 0 saturated carbocycles. The van der Waals surface area contributed by atoms with Gasteiger partial charge in [0.05, 0.1) is 8.66 Å². The summed E-state index contributed by atoms with van der Waals surface area (Å²) in [4.78, 5) is 5.64. The van der Waals surface area contributed by atoms with Gasteiger partial charge in [0.1, 0.15) is 17.2 Å². The van der Waals surface area contributed by atoms with E-state index in [1.165, 1.54) is 5.56 Å². The lowest BCUT2D eigenvalue weighted by molar-refractivity contribution is 1.16. The molecule has 0 unspecified atom stereocenters. The lowest BCUT2D eigenvalue weighted by Gasteiger charge is -1.97. The lowest BCUT2D eigenvalue weighted by Crippen LogP contribution is -1.93. The third-order valence-corrected chi connectivity index (χ3v) is 4.24. The van der Waals surface area contributed by atoms with E-state index in [2.05, 4.69) is 20.9 Å². The number of hydrogen-bond donors (Lipinski definition) is 1. The quantitative estimate of drug-likeness (QED) is 0.744. The van der Waals surface area contributed by atoms with Gasteiger partial charge in [0, 0.05) is 6.20 Å². The van der Waals surface area contributed by atoms with Crippen LogP contribution in [0.1, 0.15) is 5.56 Å². The Hall–Kier alpha value is -1.33. The Morgan fingerprint density at radius 3 is 2.82 bits per heavy atom. The minimum Gasteiger partial charge on any atom is -0.383 e. The molecule has 3 heterocycles. The normalized spacial score (nSPS) is 11.2. The standard InChI is InChI=1S/C12H10BrN3S/c1-7-2-5-10-15-11(12(14)16(10)6-7)8-3-4-9(13)17-8/h2-6H,14H2,1H3. The number of nitrogen functional groups attached to an aromatic ring is 1. The van der Waals surface area contributed by atoms with Crippen molar-refractivity contribution in [3.05, 3.63) is 39.8 Å². The summed E-state index contributed by atoms with van der Waals surface area (Å²) in [6.07, 6.45) is 2.00. The molecular weight excluding hydrogens is 298 g/mol. The van der Waals surface area contributed by atoms with Crippen LogP contribution in [0.15, 0.2) is 34.2 Å². The number of hydrogen-bond acceptors (Lipinski definition) is 3. The molecule has 3 aromatic heterocycles. The number of anilines is 1. The number of halogens is 1. The Kier molecular flexibility index (Phi) is 2.45. The van der Waals surface area contributed by atoms with Crippen LogP contribution in [-0.2, 0) is 0 Å². The Bertz CT molecular complexity index is 699. The van der Waals surface area contributed by atoms with Crippen LogP contribution in [0.25, 0.3) is 16.2 Å². The van der Waals surface area contributed by atoms with Crippen molar-refractivity contribution in [2.75, 3.05) is 5.73 Å². The minimum absolute atomic E-state index is 0.693. The molecule has 0 aliphatic heterocycles. The molecule has 0 aromatic carbocycles. The van der Waals surface area contributed by atoms with Crippen LogP contribution in [-0.4, -0.2) is 9.38 Å². The number of aromatic nitrogens is 2. The SMILES string of the molecule is Cc1ccc2nc(-c3ccc(Br)s3)c(N)n2c1. The van der Waals surface area contributed by atoms with E-state index in [4.69, 9.17) is 5.73 Å². The topological polar surface area (TPSA) is 43.3 Å². The highest BCUT2D eigenvalue weighted by atomic mass is 79.9. The van der Waals surface area contributed by atoms with Crippen LogP contribution in [0, 0.1) is 6.92 Å². The number of imidazole rings is 1. The van der Waals surface area contributed by atoms with E-state index >= 15 is 0 Å². The molecule has 0 saturated heterocycles. The fourth-order valence-electron chi connectivity index (χ4n) is 1.79. The van der Waals surface area contributed by atoms with Crippen LogP contribution in [0.4, 0.5) is 5.82 Å². The fourth-order valence-corrected chi connectivity index (χ4v) is 3.18. The van der Waals surface area contributed by atoms with E-state index in [9.17, 15) is 0 Å². The van der Waals surface area contributed by atoms with E-state index in [-0.39, 0.29) is 0 Å². The van der Waals surface area contributed by atoms with Crippen LogP contribution in [0.5, 0.6) is 0 Å². The summed E-state index contributed by atoms with van der Waals surface area (Å²) < 4.78 is 3.01. The van der Waals surface area contributed by atoms with E-state index in [0.29, 0.717) is 5.82 Å². The van der Waals surface area contributed by atoms with Crippen LogP contribution in [0.3, 0.4) is 0 Å². The number of rotatable bonds is 1. The number of fused-ring (bicyclic) bond motifs is 1. The second kappa shape index (κ2) is 3.85. The van der Waals surface area contributed by atoms with E-state index < -0.39 is 0 Å². The van der Waals surface area contributed by atoms with Gasteiger partial charge in [0.2, 0.25) is 0 Å². The van der Waals surface area contributed by atoms with E-state index in [1.807, 2.05) is 41.8 Å². The first-order valence-corrected chi connectivity index (χ1v) is 6.76. The summed E-state index contributed by atoms with van der Waals surface area (Å²) >= 11 is 5.09. The largest absolute Gasteiger partial charge is 0.383 e. The van der Waals surface area contributed by atoms with Crippen molar-refractivity contribution in [1.82, 2.24) is 9.38 Å². The molecule has 3 aromatic rings. The fraction of sp³-hybridized carbons (Fsp3) is 0.0833. The predicted molar refractivity (Wildman–Crippen MR) is 75.4 cm³/mol. The summed E-state index contributed by atoms with van der Waals surface area (Å²) in [7, 11) is 0. The second-order valence-electron chi connectivity index (χ2n) is 3.88. The van der Waals surface area contributed by atoms with Crippen molar-refractivity contribution >= 4 is 38.7 Å². The number of aryl methyl sites for hydroxylation is 1. The summed E-state index contributed by atoms with van der Waals surface area (Å²) in [5.41, 5.74) is 9.04. The van der Waals surface area contributed by atoms with Crippen molar-refractivity contribution in [1.29, 1.82) is 0 Å². The third kappa shape index (κ3) is 1.75. The van der Waals surface area contributed by atoms with Gasteiger partial charge >= 0.3 is 0 Å². The average Bonchev–Trinajstić information content (AvgIpc) is 2.84. The van der Waals surface area contributed by atoms with Crippen molar-refractivity contribution in [2.45, 2.75) is 6.92 Å². The number of pyridine rings is 1. The highest BCUT2D eigenvalue weighted by Crippen LogP contribution is 2.34. The zero-order valence-corrected chi connectivity index (χ0v) is 11.5. The molecule has 0 bridgehead atoms. The van der Waals surface area contributed by atoms with Crippen LogP contribution < -0.4 is 5.73 Å². The molecule has 0 aliphatic carbocycles. The van der Waals surface area contributed by atoms with E-state index in [0.717, 1.165) is 20.0 Å². The molecule has 0 fully saturated rings. The van der Waals surface area contributed by atoms with E-state index in [1.54, 1.807) is 11.3 Å². The highest BCUT2D eigenvalue weighted by molar-refractivity contribution is 9.11. The van der Waals surface area contributed by atoms with Crippen molar-refractivity contribution < 1.29 is 0 Å². The van der Waals surface area contributed by atoms with Crippen LogP contribution >= 0.6 is 27.3 Å². The van der Waals surface area contributed by atoms with Gasteiger partial charge in [0.15, 0.2) is 0 Å².